The third-order valence-electron chi connectivity index (χ3n) is 5.54. The lowest BCUT2D eigenvalue weighted by molar-refractivity contribution is 0.104. The van der Waals surface area contributed by atoms with Gasteiger partial charge in [0, 0.05) is 44.2 Å². The molecule has 0 bridgehead atoms. The molecule has 4 rings (SSSR count). The van der Waals surface area contributed by atoms with Crippen molar-refractivity contribution in [1.82, 2.24) is 14.9 Å². The summed E-state index contributed by atoms with van der Waals surface area (Å²) in [6.07, 6.45) is 6.07. The molecule has 1 aromatic carbocycles. The van der Waals surface area contributed by atoms with Crippen LogP contribution >= 0.6 is 11.6 Å². The zero-order valence-electron chi connectivity index (χ0n) is 16.4. The fraction of sp³-hybridized carbons (Fsp3) is 0.524. The van der Waals surface area contributed by atoms with Gasteiger partial charge in [-0.05, 0) is 57.0 Å². The van der Waals surface area contributed by atoms with Gasteiger partial charge in [0.1, 0.15) is 0 Å². The third kappa shape index (κ3) is 4.93. The van der Waals surface area contributed by atoms with Crippen LogP contribution in [0.3, 0.4) is 0 Å². The largest absolute Gasteiger partial charge is 0.378 e. The molecule has 0 radical (unpaired) electrons. The number of aryl methyl sites for hydroxylation is 1. The highest BCUT2D eigenvalue weighted by Crippen LogP contribution is 2.24. The standard InChI is InChI=1S/C21H28ClN5O/c1-26-10-12-27(13-11-26)17-6-4-16(5-7-17)24-21-23-15-19(22)20(25-21)9-8-18-3-2-14-28-18/h4-7,15,18H,2-3,8-14H2,1H3,(H,23,24,25). The number of aromatic nitrogens is 2. The predicted molar refractivity (Wildman–Crippen MR) is 114 cm³/mol. The van der Waals surface area contributed by atoms with Crippen molar-refractivity contribution < 1.29 is 4.74 Å². The molecule has 150 valence electrons. The Morgan fingerprint density at radius 1 is 1.18 bits per heavy atom. The van der Waals surface area contributed by atoms with Gasteiger partial charge in [0.15, 0.2) is 0 Å². The Labute approximate surface area is 171 Å². The van der Waals surface area contributed by atoms with Gasteiger partial charge in [0.05, 0.1) is 23.0 Å². The summed E-state index contributed by atoms with van der Waals surface area (Å²) in [4.78, 5) is 13.7. The van der Waals surface area contributed by atoms with E-state index in [1.165, 1.54) is 5.69 Å². The van der Waals surface area contributed by atoms with Gasteiger partial charge in [-0.15, -0.1) is 0 Å². The molecular weight excluding hydrogens is 374 g/mol. The van der Waals surface area contributed by atoms with Crippen LogP contribution in [0.4, 0.5) is 17.3 Å². The van der Waals surface area contributed by atoms with Crippen molar-refractivity contribution in [3.63, 3.8) is 0 Å². The number of anilines is 3. The molecule has 2 aliphatic heterocycles. The van der Waals surface area contributed by atoms with Crippen LogP contribution < -0.4 is 10.2 Å². The number of benzene rings is 1. The Bertz CT molecular complexity index is 771. The third-order valence-corrected chi connectivity index (χ3v) is 5.85. The Kier molecular flexibility index (Phi) is 6.29. The van der Waals surface area contributed by atoms with Gasteiger partial charge in [0.2, 0.25) is 5.95 Å². The van der Waals surface area contributed by atoms with Crippen molar-refractivity contribution in [1.29, 1.82) is 0 Å². The van der Waals surface area contributed by atoms with E-state index in [0.717, 1.165) is 69.9 Å². The molecule has 2 fully saturated rings. The number of ether oxygens (including phenoxy) is 1. The van der Waals surface area contributed by atoms with E-state index in [2.05, 4.69) is 56.4 Å². The second-order valence-corrected chi connectivity index (χ2v) is 8.03. The maximum Gasteiger partial charge on any atom is 0.227 e. The zero-order chi connectivity index (χ0) is 19.3. The van der Waals surface area contributed by atoms with Crippen LogP contribution in [0, 0.1) is 0 Å². The number of hydrogen-bond donors (Lipinski definition) is 1. The number of likely N-dealkylation sites (N-methyl/N-ethyl adjacent to an activating group) is 1. The highest BCUT2D eigenvalue weighted by atomic mass is 35.5. The van der Waals surface area contributed by atoms with Crippen LogP contribution in [0.2, 0.25) is 5.02 Å². The molecule has 2 aliphatic rings. The maximum atomic E-state index is 6.30. The van der Waals surface area contributed by atoms with Crippen LogP contribution in [-0.4, -0.2) is 60.8 Å². The molecule has 0 aliphatic carbocycles. The van der Waals surface area contributed by atoms with E-state index in [0.29, 0.717) is 17.1 Å². The van der Waals surface area contributed by atoms with E-state index < -0.39 is 0 Å². The van der Waals surface area contributed by atoms with E-state index in [-0.39, 0.29) is 0 Å². The molecule has 0 spiro atoms. The lowest BCUT2D eigenvalue weighted by Crippen LogP contribution is -2.44. The van der Waals surface area contributed by atoms with Crippen molar-refractivity contribution in [2.24, 2.45) is 0 Å². The summed E-state index contributed by atoms with van der Waals surface area (Å²) in [6.45, 7) is 5.22. The SMILES string of the molecule is CN1CCN(c2ccc(Nc3ncc(Cl)c(CCC4CCCO4)n3)cc2)CC1. The maximum absolute atomic E-state index is 6.30. The van der Waals surface area contributed by atoms with Crippen molar-refractivity contribution in [2.45, 2.75) is 31.8 Å². The zero-order valence-corrected chi connectivity index (χ0v) is 17.2. The summed E-state index contributed by atoms with van der Waals surface area (Å²) < 4.78 is 5.70. The second kappa shape index (κ2) is 9.07. The number of rotatable bonds is 6. The van der Waals surface area contributed by atoms with Crippen LogP contribution in [-0.2, 0) is 11.2 Å². The van der Waals surface area contributed by atoms with Crippen LogP contribution in [0.1, 0.15) is 25.0 Å². The lowest BCUT2D eigenvalue weighted by atomic mass is 10.1. The van der Waals surface area contributed by atoms with Gasteiger partial charge in [-0.25, -0.2) is 9.97 Å². The summed E-state index contributed by atoms with van der Waals surface area (Å²) in [5.41, 5.74) is 3.11. The number of nitrogens with one attached hydrogen (secondary N) is 1. The first kappa shape index (κ1) is 19.4. The normalized spacial score (nSPS) is 20.5. The summed E-state index contributed by atoms with van der Waals surface area (Å²) in [5.74, 6) is 0.582. The monoisotopic (exact) mass is 401 g/mol. The van der Waals surface area contributed by atoms with Gasteiger partial charge in [-0.3, -0.25) is 0 Å². The summed E-state index contributed by atoms with van der Waals surface area (Å²) >= 11 is 6.30. The predicted octanol–water partition coefficient (Wildman–Crippen LogP) is 3.74. The molecule has 1 N–H and O–H groups in total. The Morgan fingerprint density at radius 2 is 1.96 bits per heavy atom. The molecule has 3 heterocycles. The van der Waals surface area contributed by atoms with Crippen LogP contribution in [0.25, 0.3) is 0 Å². The van der Waals surface area contributed by atoms with E-state index in [1.54, 1.807) is 6.20 Å². The fourth-order valence-corrected chi connectivity index (χ4v) is 3.94. The van der Waals surface area contributed by atoms with Crippen LogP contribution in [0.15, 0.2) is 30.5 Å². The highest BCUT2D eigenvalue weighted by Gasteiger charge is 2.17. The number of halogens is 1. The number of nitrogens with zero attached hydrogens (tertiary/aromatic N) is 4. The average molecular weight is 402 g/mol. The molecule has 0 amide bonds. The number of hydrogen-bond acceptors (Lipinski definition) is 6. The molecule has 7 heteroatoms. The Hall–Kier alpha value is -1.89. The summed E-state index contributed by atoms with van der Waals surface area (Å²) in [6, 6.07) is 8.47. The van der Waals surface area contributed by atoms with E-state index in [4.69, 9.17) is 16.3 Å². The number of piperazine rings is 1. The van der Waals surface area contributed by atoms with Crippen molar-refractivity contribution in [3.05, 3.63) is 41.2 Å². The molecule has 1 aromatic heterocycles. The summed E-state index contributed by atoms with van der Waals surface area (Å²) in [5, 5.41) is 3.92. The molecule has 1 unspecified atom stereocenters. The highest BCUT2D eigenvalue weighted by molar-refractivity contribution is 6.31. The molecule has 0 saturated carbocycles. The van der Waals surface area contributed by atoms with Gasteiger partial charge in [-0.1, -0.05) is 11.6 Å². The molecule has 1 atom stereocenters. The van der Waals surface area contributed by atoms with Gasteiger partial charge in [0.25, 0.3) is 0 Å². The van der Waals surface area contributed by atoms with Crippen molar-refractivity contribution in [3.8, 4) is 0 Å². The van der Waals surface area contributed by atoms with E-state index in [1.807, 2.05) is 0 Å². The smallest absolute Gasteiger partial charge is 0.227 e. The van der Waals surface area contributed by atoms with Gasteiger partial charge >= 0.3 is 0 Å². The van der Waals surface area contributed by atoms with E-state index >= 15 is 0 Å². The van der Waals surface area contributed by atoms with Crippen LogP contribution in [0.5, 0.6) is 0 Å². The van der Waals surface area contributed by atoms with Gasteiger partial charge in [-0.2, -0.15) is 0 Å². The summed E-state index contributed by atoms with van der Waals surface area (Å²) in [7, 11) is 2.17. The average Bonchev–Trinajstić information content (AvgIpc) is 3.23. The minimum atomic E-state index is 0.338. The first-order valence-electron chi connectivity index (χ1n) is 10.1. The first-order valence-corrected chi connectivity index (χ1v) is 10.5. The fourth-order valence-electron chi connectivity index (χ4n) is 3.76. The minimum Gasteiger partial charge on any atom is -0.378 e. The molecule has 2 saturated heterocycles. The Balaban J connectivity index is 1.37. The molecule has 28 heavy (non-hydrogen) atoms. The quantitative estimate of drug-likeness (QED) is 0.795. The molecular formula is C21H28ClN5O. The van der Waals surface area contributed by atoms with Gasteiger partial charge < -0.3 is 19.9 Å². The lowest BCUT2D eigenvalue weighted by Gasteiger charge is -2.34. The first-order chi connectivity index (χ1) is 13.7. The van der Waals surface area contributed by atoms with Crippen molar-refractivity contribution in [2.75, 3.05) is 50.1 Å². The topological polar surface area (TPSA) is 53.5 Å². The Morgan fingerprint density at radius 3 is 2.68 bits per heavy atom. The van der Waals surface area contributed by atoms with E-state index in [9.17, 15) is 0 Å². The molecule has 6 nitrogen and oxygen atoms in total. The van der Waals surface area contributed by atoms with Crippen molar-refractivity contribution >= 4 is 28.9 Å². The minimum absolute atomic E-state index is 0.338. The molecule has 2 aromatic rings. The second-order valence-electron chi connectivity index (χ2n) is 7.62.